The highest BCUT2D eigenvalue weighted by molar-refractivity contribution is 9.10. The molecule has 0 fully saturated rings. The third-order valence-corrected chi connectivity index (χ3v) is 6.39. The van der Waals surface area contributed by atoms with Crippen molar-refractivity contribution in [2.45, 2.75) is 6.61 Å². The number of rotatable bonds is 7. The van der Waals surface area contributed by atoms with Crippen molar-refractivity contribution in [3.05, 3.63) is 106 Å². The number of benzene rings is 4. The number of amides is 3. The Morgan fingerprint density at radius 2 is 1.58 bits per heavy atom. The van der Waals surface area contributed by atoms with E-state index in [1.165, 1.54) is 4.90 Å². The monoisotopic (exact) mass is 543 g/mol. The number of halogens is 1. The van der Waals surface area contributed by atoms with E-state index in [0.717, 1.165) is 21.1 Å². The maximum absolute atomic E-state index is 13.3. The first-order valence-corrected chi connectivity index (χ1v) is 12.2. The van der Waals surface area contributed by atoms with Crippen LogP contribution in [0.1, 0.15) is 26.3 Å². The number of anilines is 2. The molecule has 0 aromatic heterocycles. The second-order valence-corrected chi connectivity index (χ2v) is 9.15. The molecule has 0 atom stereocenters. The van der Waals surface area contributed by atoms with Crippen LogP contribution in [-0.4, -0.2) is 31.0 Å². The van der Waals surface area contributed by atoms with Crippen LogP contribution in [0.3, 0.4) is 0 Å². The molecule has 4 aromatic rings. The quantitative estimate of drug-likeness (QED) is 0.229. The lowest BCUT2D eigenvalue weighted by Gasteiger charge is -2.28. The van der Waals surface area contributed by atoms with Crippen LogP contribution in [0.4, 0.5) is 16.2 Å². The maximum Gasteiger partial charge on any atom is 0.407 e. The predicted molar refractivity (Wildman–Crippen MR) is 142 cm³/mol. The average Bonchev–Trinajstić information content (AvgIpc) is 2.89. The van der Waals surface area contributed by atoms with Crippen LogP contribution in [-0.2, 0) is 11.3 Å². The standard InChI is InChI=1S/C28H22BrN3O4/c29-19-8-4-9-20(16-19)32-26(33)22-11-5-10-21-24(13-12-23(25(21)22)27(32)34)30-14-15-31-28(35)36-17-18-6-2-1-3-7-18/h1-13,16,30H,14-15,17H2,(H,31,35). The van der Waals surface area contributed by atoms with Gasteiger partial charge in [0.2, 0.25) is 0 Å². The third-order valence-electron chi connectivity index (χ3n) is 5.90. The highest BCUT2D eigenvalue weighted by Crippen LogP contribution is 2.36. The number of hydrogen-bond acceptors (Lipinski definition) is 5. The highest BCUT2D eigenvalue weighted by atomic mass is 79.9. The first kappa shape index (κ1) is 23.6. The van der Waals surface area contributed by atoms with Gasteiger partial charge in [-0.2, -0.15) is 0 Å². The van der Waals surface area contributed by atoms with Crippen molar-refractivity contribution >= 4 is 56.0 Å². The Labute approximate surface area is 216 Å². The van der Waals surface area contributed by atoms with Crippen LogP contribution < -0.4 is 15.5 Å². The first-order valence-electron chi connectivity index (χ1n) is 11.4. The van der Waals surface area contributed by atoms with E-state index in [1.807, 2.05) is 48.5 Å². The minimum absolute atomic E-state index is 0.202. The lowest BCUT2D eigenvalue weighted by Crippen LogP contribution is -2.40. The summed E-state index contributed by atoms with van der Waals surface area (Å²) in [6.45, 7) is 0.976. The molecule has 7 nitrogen and oxygen atoms in total. The number of hydrogen-bond donors (Lipinski definition) is 2. The Morgan fingerprint density at radius 1 is 0.833 bits per heavy atom. The van der Waals surface area contributed by atoms with Crippen LogP contribution in [0.5, 0.6) is 0 Å². The van der Waals surface area contributed by atoms with Crippen LogP contribution >= 0.6 is 15.9 Å². The van der Waals surface area contributed by atoms with Gasteiger partial charge in [-0.15, -0.1) is 0 Å². The number of carbonyl (C=O) groups is 3. The van der Waals surface area contributed by atoms with Gasteiger partial charge < -0.3 is 15.4 Å². The molecule has 0 aliphatic carbocycles. The fraction of sp³-hybridized carbons (Fsp3) is 0.107. The van der Waals surface area contributed by atoms with Crippen molar-refractivity contribution in [3.63, 3.8) is 0 Å². The summed E-state index contributed by atoms with van der Waals surface area (Å²) in [4.78, 5) is 39.9. The van der Waals surface area contributed by atoms with E-state index >= 15 is 0 Å². The van der Waals surface area contributed by atoms with Crippen LogP contribution in [0, 0.1) is 0 Å². The zero-order chi connectivity index (χ0) is 25.1. The second-order valence-electron chi connectivity index (χ2n) is 8.23. The van der Waals surface area contributed by atoms with E-state index in [4.69, 9.17) is 4.74 Å². The number of alkyl carbamates (subject to hydrolysis) is 1. The Morgan fingerprint density at radius 3 is 2.36 bits per heavy atom. The van der Waals surface area contributed by atoms with Crippen LogP contribution in [0.2, 0.25) is 0 Å². The molecule has 2 N–H and O–H groups in total. The van der Waals surface area contributed by atoms with Crippen molar-refractivity contribution in [1.82, 2.24) is 5.32 Å². The molecule has 0 spiro atoms. The summed E-state index contributed by atoms with van der Waals surface area (Å²) in [5.74, 6) is -0.729. The molecule has 0 saturated carbocycles. The SMILES string of the molecule is O=C(NCCNc1ccc2c3c(cccc13)C(=O)N(c1cccc(Br)c1)C2=O)OCc1ccccc1. The minimum Gasteiger partial charge on any atom is -0.445 e. The number of nitrogens with one attached hydrogen (secondary N) is 2. The van der Waals surface area contributed by atoms with Crippen molar-refractivity contribution in [2.24, 2.45) is 0 Å². The number of carbonyl (C=O) groups excluding carboxylic acids is 3. The zero-order valence-corrected chi connectivity index (χ0v) is 20.7. The van der Waals surface area contributed by atoms with Gasteiger partial charge in [0, 0.05) is 45.1 Å². The summed E-state index contributed by atoms with van der Waals surface area (Å²) in [6.07, 6.45) is -0.499. The number of nitrogens with zero attached hydrogens (tertiary/aromatic N) is 1. The average molecular weight is 544 g/mol. The molecule has 1 heterocycles. The topological polar surface area (TPSA) is 87.7 Å². The fourth-order valence-electron chi connectivity index (χ4n) is 4.24. The van der Waals surface area contributed by atoms with Gasteiger partial charge in [-0.05, 0) is 42.0 Å². The summed E-state index contributed by atoms with van der Waals surface area (Å²) in [5, 5.41) is 7.40. The van der Waals surface area contributed by atoms with Gasteiger partial charge in [-0.3, -0.25) is 9.59 Å². The molecule has 0 radical (unpaired) electrons. The molecule has 0 unspecified atom stereocenters. The molecule has 1 aliphatic heterocycles. The van der Waals surface area contributed by atoms with Gasteiger partial charge in [0.1, 0.15) is 6.61 Å². The summed E-state index contributed by atoms with van der Waals surface area (Å²) >= 11 is 3.41. The second kappa shape index (κ2) is 10.2. The van der Waals surface area contributed by atoms with E-state index in [0.29, 0.717) is 35.3 Å². The molecule has 1 aliphatic rings. The normalized spacial score (nSPS) is 12.5. The molecule has 4 aromatic carbocycles. The van der Waals surface area contributed by atoms with E-state index in [2.05, 4.69) is 26.6 Å². The molecular weight excluding hydrogens is 522 g/mol. The van der Waals surface area contributed by atoms with Gasteiger partial charge in [0.25, 0.3) is 11.8 Å². The van der Waals surface area contributed by atoms with E-state index < -0.39 is 6.09 Å². The largest absolute Gasteiger partial charge is 0.445 e. The van der Waals surface area contributed by atoms with E-state index in [1.54, 1.807) is 36.4 Å². The first-order chi connectivity index (χ1) is 17.5. The van der Waals surface area contributed by atoms with Crippen molar-refractivity contribution in [1.29, 1.82) is 0 Å². The lowest BCUT2D eigenvalue weighted by molar-refractivity contribution is 0.0893. The van der Waals surface area contributed by atoms with Gasteiger partial charge in [-0.1, -0.05) is 64.5 Å². The van der Waals surface area contributed by atoms with E-state index in [9.17, 15) is 14.4 Å². The summed E-state index contributed by atoms with van der Waals surface area (Å²) < 4.78 is 6.00. The van der Waals surface area contributed by atoms with Crippen molar-refractivity contribution in [2.75, 3.05) is 23.3 Å². The van der Waals surface area contributed by atoms with E-state index in [-0.39, 0.29) is 18.4 Å². The maximum atomic E-state index is 13.3. The minimum atomic E-state index is -0.499. The van der Waals surface area contributed by atoms with Gasteiger partial charge >= 0.3 is 6.09 Å². The molecule has 180 valence electrons. The third kappa shape index (κ3) is 4.67. The lowest BCUT2D eigenvalue weighted by atomic mass is 9.92. The Balaban J connectivity index is 1.28. The summed E-state index contributed by atoms with van der Waals surface area (Å²) in [7, 11) is 0. The van der Waals surface area contributed by atoms with Crippen molar-refractivity contribution in [3.8, 4) is 0 Å². The van der Waals surface area contributed by atoms with Gasteiger partial charge in [0.15, 0.2) is 0 Å². The smallest absolute Gasteiger partial charge is 0.407 e. The highest BCUT2D eigenvalue weighted by Gasteiger charge is 2.34. The molecular formula is C28H22BrN3O4. The van der Waals surface area contributed by atoms with Gasteiger partial charge in [0.05, 0.1) is 5.69 Å². The number of ether oxygens (including phenoxy) is 1. The van der Waals surface area contributed by atoms with Crippen LogP contribution in [0.15, 0.2) is 89.4 Å². The summed E-state index contributed by atoms with van der Waals surface area (Å²) in [6, 6.07) is 25.5. The molecule has 0 bridgehead atoms. The fourth-order valence-corrected chi connectivity index (χ4v) is 4.62. The summed E-state index contributed by atoms with van der Waals surface area (Å²) in [5.41, 5.74) is 3.12. The Hall–Kier alpha value is -4.17. The van der Waals surface area contributed by atoms with Crippen molar-refractivity contribution < 1.29 is 19.1 Å². The Kier molecular flexibility index (Phi) is 6.69. The molecule has 8 heteroatoms. The molecule has 5 rings (SSSR count). The number of imide groups is 1. The molecule has 36 heavy (non-hydrogen) atoms. The van der Waals surface area contributed by atoms with Crippen LogP contribution in [0.25, 0.3) is 10.8 Å². The molecule has 0 saturated heterocycles. The Bertz CT molecular complexity index is 1450. The molecule has 3 amide bonds. The zero-order valence-electron chi connectivity index (χ0n) is 19.2. The van der Waals surface area contributed by atoms with Gasteiger partial charge in [-0.25, -0.2) is 9.69 Å². The predicted octanol–water partition coefficient (Wildman–Crippen LogP) is 5.74.